The van der Waals surface area contributed by atoms with Gasteiger partial charge in [0.25, 0.3) is 0 Å². The van der Waals surface area contributed by atoms with Gasteiger partial charge in [-0.3, -0.25) is 0 Å². The first kappa shape index (κ1) is 16.2. The van der Waals surface area contributed by atoms with Crippen molar-refractivity contribution in [1.29, 1.82) is 5.26 Å². The Morgan fingerprint density at radius 2 is 1.72 bits per heavy atom. The van der Waals surface area contributed by atoms with E-state index < -0.39 is 5.97 Å². The molecule has 5 nitrogen and oxygen atoms in total. The summed E-state index contributed by atoms with van der Waals surface area (Å²) in [6.45, 7) is 0. The summed E-state index contributed by atoms with van der Waals surface area (Å²) in [6, 6.07) is 16.4. The molecule has 0 N–H and O–H groups in total. The van der Waals surface area contributed by atoms with Gasteiger partial charge < -0.3 is 9.47 Å². The summed E-state index contributed by atoms with van der Waals surface area (Å²) in [5.74, 6) is 0.508. The van der Waals surface area contributed by atoms with Crippen LogP contribution in [0.3, 0.4) is 0 Å². The molecule has 122 valence electrons. The molecule has 0 radical (unpaired) electrons. The summed E-state index contributed by atoms with van der Waals surface area (Å²) in [6.07, 6.45) is 5.06. The Labute approximate surface area is 145 Å². The van der Waals surface area contributed by atoms with Gasteiger partial charge in [0.15, 0.2) is 5.70 Å². The van der Waals surface area contributed by atoms with Crippen LogP contribution in [0.15, 0.2) is 65.3 Å². The van der Waals surface area contributed by atoms with Crippen LogP contribution in [0.25, 0.3) is 12.2 Å². The van der Waals surface area contributed by atoms with Gasteiger partial charge in [0.2, 0.25) is 5.90 Å². The number of carbonyl (C=O) groups excluding carboxylic acids is 1. The Morgan fingerprint density at radius 1 is 1.04 bits per heavy atom. The maximum atomic E-state index is 11.9. The number of nitrogens with zero attached hydrogens (tertiary/aromatic N) is 2. The SMILES string of the molecule is COc1ccc(C=CC2=NC(=Cc3ccc(C#N)cc3)C(=O)O2)cc1. The summed E-state index contributed by atoms with van der Waals surface area (Å²) < 4.78 is 10.2. The summed E-state index contributed by atoms with van der Waals surface area (Å²) in [4.78, 5) is 16.1. The molecule has 0 aromatic heterocycles. The fourth-order valence-electron chi connectivity index (χ4n) is 2.19. The lowest BCUT2D eigenvalue weighted by atomic mass is 10.1. The zero-order chi connectivity index (χ0) is 17.6. The fraction of sp³-hybridized carbons (Fsp3) is 0.0500. The van der Waals surface area contributed by atoms with Gasteiger partial charge in [-0.1, -0.05) is 24.3 Å². The normalized spacial score (nSPS) is 15.1. The lowest BCUT2D eigenvalue weighted by molar-refractivity contribution is -0.129. The highest BCUT2D eigenvalue weighted by Crippen LogP contribution is 2.18. The van der Waals surface area contributed by atoms with E-state index >= 15 is 0 Å². The predicted octanol–water partition coefficient (Wildman–Crippen LogP) is 3.58. The lowest BCUT2D eigenvalue weighted by Crippen LogP contribution is -2.01. The molecule has 0 spiro atoms. The van der Waals surface area contributed by atoms with Gasteiger partial charge in [-0.2, -0.15) is 5.26 Å². The first-order valence-corrected chi connectivity index (χ1v) is 7.53. The summed E-state index contributed by atoms with van der Waals surface area (Å²) in [5, 5.41) is 8.80. The molecule has 0 saturated heterocycles. The number of hydrogen-bond donors (Lipinski definition) is 0. The van der Waals surface area contributed by atoms with E-state index in [1.54, 1.807) is 49.6 Å². The molecule has 0 atom stereocenters. The molecule has 2 aromatic carbocycles. The molecule has 0 aliphatic carbocycles. The van der Waals surface area contributed by atoms with Crippen molar-refractivity contribution in [3.8, 4) is 11.8 Å². The molecule has 2 aromatic rings. The van der Waals surface area contributed by atoms with Crippen LogP contribution < -0.4 is 4.74 Å². The van der Waals surface area contributed by atoms with E-state index in [2.05, 4.69) is 4.99 Å². The van der Waals surface area contributed by atoms with E-state index in [4.69, 9.17) is 14.7 Å². The Hall–Kier alpha value is -3.65. The Morgan fingerprint density at radius 3 is 2.36 bits per heavy atom. The van der Waals surface area contributed by atoms with Gasteiger partial charge in [0, 0.05) is 6.08 Å². The van der Waals surface area contributed by atoms with Crippen LogP contribution in [0.5, 0.6) is 5.75 Å². The molecule has 1 aliphatic heterocycles. The van der Waals surface area contributed by atoms with Crippen molar-refractivity contribution < 1.29 is 14.3 Å². The summed E-state index contributed by atoms with van der Waals surface area (Å²) >= 11 is 0. The Kier molecular flexibility index (Phi) is 4.72. The second kappa shape index (κ2) is 7.28. The third-order valence-corrected chi connectivity index (χ3v) is 3.51. The minimum atomic E-state index is -0.501. The monoisotopic (exact) mass is 330 g/mol. The number of benzene rings is 2. The van der Waals surface area contributed by atoms with Crippen LogP contribution in [0.2, 0.25) is 0 Å². The highest BCUT2D eigenvalue weighted by molar-refractivity contribution is 6.11. The van der Waals surface area contributed by atoms with Gasteiger partial charge in [0.05, 0.1) is 18.7 Å². The molecule has 0 fully saturated rings. The van der Waals surface area contributed by atoms with Crippen molar-refractivity contribution in [2.75, 3.05) is 7.11 Å². The van der Waals surface area contributed by atoms with Gasteiger partial charge in [-0.05, 0) is 47.5 Å². The molecule has 0 bridgehead atoms. The average molecular weight is 330 g/mol. The van der Waals surface area contributed by atoms with E-state index in [9.17, 15) is 4.79 Å². The third kappa shape index (κ3) is 4.01. The quantitative estimate of drug-likeness (QED) is 0.634. The molecule has 0 unspecified atom stereocenters. The van der Waals surface area contributed by atoms with Crippen molar-refractivity contribution in [1.82, 2.24) is 0 Å². The van der Waals surface area contributed by atoms with Gasteiger partial charge in [-0.25, -0.2) is 9.79 Å². The molecular formula is C20H14N2O3. The largest absolute Gasteiger partial charge is 0.497 e. The first-order chi connectivity index (χ1) is 12.2. The number of methoxy groups -OCH3 is 1. The van der Waals surface area contributed by atoms with E-state index in [0.717, 1.165) is 16.9 Å². The number of carbonyl (C=O) groups is 1. The zero-order valence-electron chi connectivity index (χ0n) is 13.5. The van der Waals surface area contributed by atoms with Crippen LogP contribution in [-0.2, 0) is 9.53 Å². The molecular weight excluding hydrogens is 316 g/mol. The van der Waals surface area contributed by atoms with E-state index in [0.29, 0.717) is 5.56 Å². The molecule has 0 amide bonds. The summed E-state index contributed by atoms with van der Waals surface area (Å²) in [7, 11) is 1.61. The Balaban J connectivity index is 1.75. The van der Waals surface area contributed by atoms with Crippen LogP contribution >= 0.6 is 0 Å². The van der Waals surface area contributed by atoms with Crippen LogP contribution in [-0.4, -0.2) is 19.0 Å². The first-order valence-electron chi connectivity index (χ1n) is 7.53. The molecule has 1 aliphatic rings. The maximum Gasteiger partial charge on any atom is 0.363 e. The number of nitriles is 1. The molecule has 3 rings (SSSR count). The van der Waals surface area contributed by atoms with Gasteiger partial charge in [0.1, 0.15) is 5.75 Å². The average Bonchev–Trinajstić information content (AvgIpc) is 3.00. The van der Waals surface area contributed by atoms with E-state index in [1.165, 1.54) is 0 Å². The predicted molar refractivity (Wildman–Crippen MR) is 94.7 cm³/mol. The van der Waals surface area contributed by atoms with Crippen molar-refractivity contribution in [2.24, 2.45) is 4.99 Å². The molecule has 25 heavy (non-hydrogen) atoms. The van der Waals surface area contributed by atoms with Crippen LogP contribution in [0, 0.1) is 11.3 Å². The highest BCUT2D eigenvalue weighted by Gasteiger charge is 2.20. The second-order valence-electron chi connectivity index (χ2n) is 5.21. The minimum Gasteiger partial charge on any atom is -0.497 e. The molecule has 5 heteroatoms. The van der Waals surface area contributed by atoms with Crippen molar-refractivity contribution >= 4 is 24.0 Å². The lowest BCUT2D eigenvalue weighted by Gasteiger charge is -1.98. The van der Waals surface area contributed by atoms with Crippen LogP contribution in [0.4, 0.5) is 0 Å². The minimum absolute atomic E-state index is 0.221. The number of aliphatic imine (C=N–C) groups is 1. The second-order valence-corrected chi connectivity index (χ2v) is 5.21. The number of esters is 1. The Bertz CT molecular complexity index is 915. The third-order valence-electron chi connectivity index (χ3n) is 3.51. The number of hydrogen-bond acceptors (Lipinski definition) is 5. The molecule has 0 saturated carbocycles. The number of ether oxygens (including phenoxy) is 2. The van der Waals surface area contributed by atoms with Crippen molar-refractivity contribution in [2.45, 2.75) is 0 Å². The fourth-order valence-corrected chi connectivity index (χ4v) is 2.19. The summed E-state index contributed by atoms with van der Waals surface area (Å²) in [5.41, 5.74) is 2.49. The maximum absolute atomic E-state index is 11.9. The topological polar surface area (TPSA) is 71.7 Å². The standard InChI is InChI=1S/C20H14N2O3/c1-24-17-9-6-14(7-10-17)8-11-19-22-18(20(23)25-19)12-15-2-4-16(13-21)5-3-15/h2-12H,1H3. The van der Waals surface area contributed by atoms with Gasteiger partial charge in [-0.15, -0.1) is 0 Å². The van der Waals surface area contributed by atoms with Crippen molar-refractivity contribution in [3.63, 3.8) is 0 Å². The van der Waals surface area contributed by atoms with E-state index in [1.807, 2.05) is 30.3 Å². The number of cyclic esters (lactones) is 1. The smallest absolute Gasteiger partial charge is 0.363 e. The van der Waals surface area contributed by atoms with E-state index in [-0.39, 0.29) is 11.6 Å². The number of rotatable bonds is 4. The van der Waals surface area contributed by atoms with Gasteiger partial charge >= 0.3 is 5.97 Å². The molecule has 1 heterocycles. The van der Waals surface area contributed by atoms with Crippen molar-refractivity contribution in [3.05, 3.63) is 77.0 Å². The van der Waals surface area contributed by atoms with Crippen LogP contribution in [0.1, 0.15) is 16.7 Å². The zero-order valence-corrected chi connectivity index (χ0v) is 13.5. The highest BCUT2D eigenvalue weighted by atomic mass is 16.6.